The lowest BCUT2D eigenvalue weighted by Crippen LogP contribution is -2.53. The van der Waals surface area contributed by atoms with Crippen LogP contribution in [0, 0.1) is 0 Å². The van der Waals surface area contributed by atoms with Gasteiger partial charge in [0.15, 0.2) is 0 Å². The van der Waals surface area contributed by atoms with Crippen molar-refractivity contribution in [2.24, 2.45) is 0 Å². The molecule has 2 aromatic rings. The number of aliphatic hydroxyl groups excluding tert-OH is 1. The Labute approximate surface area is 188 Å². The molecule has 0 unspecified atom stereocenters. The maximum Gasteiger partial charge on any atom is 0.408 e. The van der Waals surface area contributed by atoms with Crippen LogP contribution in [-0.4, -0.2) is 58.8 Å². The summed E-state index contributed by atoms with van der Waals surface area (Å²) in [6, 6.07) is 15.2. The molecule has 0 spiro atoms. The highest BCUT2D eigenvalue weighted by atomic mass is 32.2. The predicted octanol–water partition coefficient (Wildman–Crippen LogP) is 1.13. The zero-order chi connectivity index (χ0) is 23.3. The Morgan fingerprint density at radius 3 is 2.19 bits per heavy atom. The van der Waals surface area contributed by atoms with Crippen LogP contribution in [-0.2, 0) is 36.5 Å². The molecule has 0 radical (unpaired) electrons. The average Bonchev–Trinajstić information content (AvgIpc) is 2.84. The smallest absolute Gasteiger partial charge is 0.408 e. The molecular formula is C22H26N2O7S. The van der Waals surface area contributed by atoms with E-state index in [2.05, 4.69) is 10.6 Å². The highest BCUT2D eigenvalue weighted by molar-refractivity contribution is 7.85. The molecule has 0 fully saturated rings. The topological polar surface area (TPSA) is 131 Å². The van der Waals surface area contributed by atoms with E-state index in [0.717, 1.165) is 5.56 Å². The first kappa shape index (κ1) is 25.0. The molecule has 10 heteroatoms. The number of hydrogen-bond acceptors (Lipinski definition) is 7. The third-order valence-electron chi connectivity index (χ3n) is 4.40. The van der Waals surface area contributed by atoms with Gasteiger partial charge in [-0.15, -0.1) is 0 Å². The summed E-state index contributed by atoms with van der Waals surface area (Å²) in [4.78, 5) is 37.2. The molecule has 0 heterocycles. The molecule has 3 atom stereocenters. The maximum atomic E-state index is 12.5. The zero-order valence-corrected chi connectivity index (χ0v) is 18.4. The van der Waals surface area contributed by atoms with Gasteiger partial charge in [0.2, 0.25) is 5.91 Å². The Kier molecular flexibility index (Phi) is 10.3. The fourth-order valence-corrected chi connectivity index (χ4v) is 3.83. The largest absolute Gasteiger partial charge is 0.467 e. The summed E-state index contributed by atoms with van der Waals surface area (Å²) in [6.07, 6.45) is -0.862. The molecule has 2 amide bonds. The third-order valence-corrected chi connectivity index (χ3v) is 5.81. The molecular weight excluding hydrogens is 436 g/mol. The van der Waals surface area contributed by atoms with Crippen LogP contribution in [0.3, 0.4) is 0 Å². The van der Waals surface area contributed by atoms with E-state index in [1.165, 1.54) is 7.11 Å². The molecule has 0 aliphatic rings. The number of rotatable bonds is 11. The number of benzene rings is 2. The highest BCUT2D eigenvalue weighted by Gasteiger charge is 2.27. The Morgan fingerprint density at radius 1 is 0.969 bits per heavy atom. The maximum absolute atomic E-state index is 12.5. The van der Waals surface area contributed by atoms with E-state index in [1.54, 1.807) is 54.6 Å². The standard InChI is InChI=1S/C22H26N2O7S/c1-30-21(27)18(12-13-32(29)17-10-6-3-7-11-17)23-20(26)19(14-25)24-22(28)31-15-16-8-4-2-5-9-16/h2-11,18-19,25H,12-15H2,1H3,(H,23,26)(H,24,28)/t18-,19+,32+/m1/s1. The van der Waals surface area contributed by atoms with E-state index in [0.29, 0.717) is 4.90 Å². The molecule has 0 aromatic heterocycles. The van der Waals surface area contributed by atoms with Gasteiger partial charge in [-0.2, -0.15) is 0 Å². The molecule has 2 aromatic carbocycles. The molecule has 0 bridgehead atoms. The summed E-state index contributed by atoms with van der Waals surface area (Å²) < 4.78 is 22.1. The quantitative estimate of drug-likeness (QED) is 0.427. The van der Waals surface area contributed by atoms with Crippen molar-refractivity contribution in [1.82, 2.24) is 10.6 Å². The van der Waals surface area contributed by atoms with Crippen molar-refractivity contribution in [3.05, 3.63) is 66.2 Å². The van der Waals surface area contributed by atoms with Gasteiger partial charge >= 0.3 is 12.1 Å². The number of alkyl carbamates (subject to hydrolysis) is 1. The first-order valence-corrected chi connectivity index (χ1v) is 11.2. The van der Waals surface area contributed by atoms with E-state index < -0.39 is 47.5 Å². The molecule has 9 nitrogen and oxygen atoms in total. The van der Waals surface area contributed by atoms with Crippen LogP contribution in [0.25, 0.3) is 0 Å². The van der Waals surface area contributed by atoms with Crippen molar-refractivity contribution in [2.75, 3.05) is 19.5 Å². The van der Waals surface area contributed by atoms with Gasteiger partial charge in [0.05, 0.1) is 24.5 Å². The number of hydrogen-bond donors (Lipinski definition) is 3. The summed E-state index contributed by atoms with van der Waals surface area (Å²) in [5.41, 5.74) is 0.754. The van der Waals surface area contributed by atoms with Crippen molar-refractivity contribution in [2.45, 2.75) is 30.0 Å². The summed E-state index contributed by atoms with van der Waals surface area (Å²) in [5, 5.41) is 14.2. The van der Waals surface area contributed by atoms with E-state index in [1.807, 2.05) is 6.07 Å². The molecule has 0 aliphatic heterocycles. The van der Waals surface area contributed by atoms with Crippen molar-refractivity contribution in [3.63, 3.8) is 0 Å². The minimum Gasteiger partial charge on any atom is -0.467 e. The normalized spacial score (nSPS) is 13.3. The lowest BCUT2D eigenvalue weighted by atomic mass is 10.2. The second kappa shape index (κ2) is 13.2. The van der Waals surface area contributed by atoms with Crippen LogP contribution >= 0.6 is 0 Å². The van der Waals surface area contributed by atoms with Gasteiger partial charge in [-0.3, -0.25) is 9.00 Å². The number of carbonyl (C=O) groups is 3. The molecule has 32 heavy (non-hydrogen) atoms. The minimum atomic E-state index is -1.38. The lowest BCUT2D eigenvalue weighted by Gasteiger charge is -2.21. The molecule has 3 N–H and O–H groups in total. The summed E-state index contributed by atoms with van der Waals surface area (Å²) >= 11 is 0. The number of carbonyl (C=O) groups excluding carboxylic acids is 3. The van der Waals surface area contributed by atoms with Gasteiger partial charge in [-0.05, 0) is 24.1 Å². The Morgan fingerprint density at radius 2 is 1.59 bits per heavy atom. The van der Waals surface area contributed by atoms with Gasteiger partial charge in [0, 0.05) is 10.6 Å². The van der Waals surface area contributed by atoms with Crippen LogP contribution in [0.2, 0.25) is 0 Å². The van der Waals surface area contributed by atoms with Gasteiger partial charge < -0.3 is 25.2 Å². The van der Waals surface area contributed by atoms with Crippen LogP contribution in [0.5, 0.6) is 0 Å². The number of esters is 1. The van der Waals surface area contributed by atoms with E-state index in [4.69, 9.17) is 9.47 Å². The molecule has 0 saturated heterocycles. The van der Waals surface area contributed by atoms with Gasteiger partial charge in [-0.1, -0.05) is 48.5 Å². The average molecular weight is 463 g/mol. The summed E-state index contributed by atoms with van der Waals surface area (Å²) in [7, 11) is -0.213. The Hall–Kier alpha value is -3.24. The number of nitrogens with one attached hydrogen (secondary N) is 2. The SMILES string of the molecule is COC(=O)[C@@H](CC[S@](=O)c1ccccc1)NC(=O)[C@H](CO)NC(=O)OCc1ccccc1. The fourth-order valence-electron chi connectivity index (χ4n) is 2.68. The second-order valence-electron chi connectivity index (χ2n) is 6.68. The van der Waals surface area contributed by atoms with Gasteiger partial charge in [0.25, 0.3) is 0 Å². The molecule has 2 rings (SSSR count). The van der Waals surface area contributed by atoms with E-state index in [9.17, 15) is 23.7 Å². The monoisotopic (exact) mass is 462 g/mol. The fraction of sp³-hybridized carbons (Fsp3) is 0.318. The number of aliphatic hydroxyl groups is 1. The second-order valence-corrected chi connectivity index (χ2v) is 8.25. The lowest BCUT2D eigenvalue weighted by molar-refractivity contribution is -0.145. The van der Waals surface area contributed by atoms with Crippen molar-refractivity contribution in [1.29, 1.82) is 0 Å². The van der Waals surface area contributed by atoms with Crippen molar-refractivity contribution >= 4 is 28.8 Å². The summed E-state index contributed by atoms with van der Waals surface area (Å²) in [5.74, 6) is -1.43. The van der Waals surface area contributed by atoms with Crippen molar-refractivity contribution < 1.29 is 33.2 Å². The first-order valence-electron chi connectivity index (χ1n) is 9.84. The third kappa shape index (κ3) is 8.12. The van der Waals surface area contributed by atoms with E-state index in [-0.39, 0.29) is 18.8 Å². The minimum absolute atomic E-state index is 0.0114. The first-order chi connectivity index (χ1) is 15.4. The molecule has 0 saturated carbocycles. The zero-order valence-electron chi connectivity index (χ0n) is 17.6. The number of ether oxygens (including phenoxy) is 2. The molecule has 0 aliphatic carbocycles. The highest BCUT2D eigenvalue weighted by Crippen LogP contribution is 2.09. The Bertz CT molecular complexity index is 909. The van der Waals surface area contributed by atoms with Gasteiger partial charge in [-0.25, -0.2) is 9.59 Å². The van der Waals surface area contributed by atoms with Crippen LogP contribution in [0.4, 0.5) is 4.79 Å². The van der Waals surface area contributed by atoms with Crippen LogP contribution < -0.4 is 10.6 Å². The summed E-state index contributed by atoms with van der Waals surface area (Å²) in [6.45, 7) is -0.724. The van der Waals surface area contributed by atoms with Crippen molar-refractivity contribution in [3.8, 4) is 0 Å². The van der Waals surface area contributed by atoms with Crippen LogP contribution in [0.15, 0.2) is 65.6 Å². The number of amides is 2. The number of methoxy groups -OCH3 is 1. The van der Waals surface area contributed by atoms with E-state index >= 15 is 0 Å². The van der Waals surface area contributed by atoms with Gasteiger partial charge in [0.1, 0.15) is 18.7 Å². The van der Waals surface area contributed by atoms with Crippen LogP contribution in [0.1, 0.15) is 12.0 Å². The molecule has 172 valence electrons. The predicted molar refractivity (Wildman–Crippen MR) is 117 cm³/mol. The Balaban J connectivity index is 1.90.